The average Bonchev–Trinajstić information content (AvgIpc) is 2.84. The van der Waals surface area contributed by atoms with Gasteiger partial charge in [0.05, 0.1) is 13.7 Å². The van der Waals surface area contributed by atoms with Crippen LogP contribution in [-0.4, -0.2) is 35.2 Å². The molecule has 0 radical (unpaired) electrons. The first-order chi connectivity index (χ1) is 9.60. The molecule has 1 atom stereocenters. The highest BCUT2D eigenvalue weighted by Gasteiger charge is 2.15. The van der Waals surface area contributed by atoms with Gasteiger partial charge in [0, 0.05) is 13.0 Å². The van der Waals surface area contributed by atoms with Crippen LogP contribution < -0.4 is 4.74 Å². The predicted molar refractivity (Wildman–Crippen MR) is 76.7 cm³/mol. The number of hydrogen-bond donors (Lipinski definition) is 0. The van der Waals surface area contributed by atoms with Crippen LogP contribution in [0, 0.1) is 6.92 Å². The van der Waals surface area contributed by atoms with Gasteiger partial charge in [-0.25, -0.2) is 0 Å². The molecule has 20 heavy (non-hydrogen) atoms. The van der Waals surface area contributed by atoms with Gasteiger partial charge in [0.25, 0.3) is 0 Å². The summed E-state index contributed by atoms with van der Waals surface area (Å²) in [5.74, 6) is 2.26. The van der Waals surface area contributed by atoms with Gasteiger partial charge in [0.2, 0.25) is 5.89 Å². The lowest BCUT2D eigenvalue weighted by atomic mass is 10.1. The van der Waals surface area contributed by atoms with Gasteiger partial charge >= 0.3 is 0 Å². The number of likely N-dealkylation sites (N-methyl/N-ethyl adjacent to an activating group) is 1. The summed E-state index contributed by atoms with van der Waals surface area (Å²) in [6.45, 7) is 4.65. The van der Waals surface area contributed by atoms with Crippen LogP contribution in [0.4, 0.5) is 0 Å². The number of para-hydroxylation sites is 1. The molecule has 2 rings (SSSR count). The molecule has 0 amide bonds. The first kappa shape index (κ1) is 14.5. The van der Waals surface area contributed by atoms with Crippen molar-refractivity contribution >= 4 is 0 Å². The van der Waals surface area contributed by atoms with Gasteiger partial charge in [-0.2, -0.15) is 4.98 Å². The molecule has 2 aromatic rings. The third-order valence-electron chi connectivity index (χ3n) is 3.42. The van der Waals surface area contributed by atoms with Gasteiger partial charge in [-0.05, 0) is 32.0 Å². The normalized spacial score (nSPS) is 12.7. The number of methoxy groups -OCH3 is 1. The summed E-state index contributed by atoms with van der Waals surface area (Å²) < 4.78 is 10.4. The lowest BCUT2D eigenvalue weighted by Crippen LogP contribution is -2.30. The van der Waals surface area contributed by atoms with E-state index in [0.29, 0.717) is 18.5 Å². The van der Waals surface area contributed by atoms with Crippen LogP contribution in [0.15, 0.2) is 28.8 Å². The fourth-order valence-electron chi connectivity index (χ4n) is 2.13. The Kier molecular flexibility index (Phi) is 4.74. The molecule has 0 unspecified atom stereocenters. The molecule has 5 nitrogen and oxygen atoms in total. The van der Waals surface area contributed by atoms with E-state index in [9.17, 15) is 0 Å². The maximum absolute atomic E-state index is 5.39. The van der Waals surface area contributed by atoms with Gasteiger partial charge in [-0.15, -0.1) is 0 Å². The van der Waals surface area contributed by atoms with E-state index in [4.69, 9.17) is 9.26 Å². The van der Waals surface area contributed by atoms with Crippen molar-refractivity contribution in [3.63, 3.8) is 0 Å². The zero-order valence-corrected chi connectivity index (χ0v) is 12.5. The molecule has 0 bridgehead atoms. The smallest absolute Gasteiger partial charge is 0.223 e. The summed E-state index contributed by atoms with van der Waals surface area (Å²) in [6.07, 6.45) is 0.914. The lowest BCUT2D eigenvalue weighted by molar-refractivity contribution is 0.236. The first-order valence-corrected chi connectivity index (χ1v) is 6.71. The molecule has 1 aromatic carbocycles. The molecule has 108 valence electrons. The van der Waals surface area contributed by atoms with Crippen molar-refractivity contribution in [2.24, 2.45) is 0 Å². The van der Waals surface area contributed by atoms with Gasteiger partial charge in [0.15, 0.2) is 5.82 Å². The van der Waals surface area contributed by atoms with E-state index >= 15 is 0 Å². The number of aryl methyl sites for hydroxylation is 1. The largest absolute Gasteiger partial charge is 0.496 e. The Labute approximate surface area is 119 Å². The second-order valence-corrected chi connectivity index (χ2v) is 5.01. The molecule has 0 aliphatic rings. The lowest BCUT2D eigenvalue weighted by Gasteiger charge is -2.24. The second kappa shape index (κ2) is 6.52. The van der Waals surface area contributed by atoms with E-state index in [2.05, 4.69) is 35.1 Å². The average molecular weight is 275 g/mol. The van der Waals surface area contributed by atoms with Crippen LogP contribution >= 0.6 is 0 Å². The number of benzene rings is 1. The van der Waals surface area contributed by atoms with Crippen LogP contribution in [0.2, 0.25) is 0 Å². The molecule has 0 saturated carbocycles. The van der Waals surface area contributed by atoms with Crippen molar-refractivity contribution in [2.45, 2.75) is 32.9 Å². The maximum Gasteiger partial charge on any atom is 0.223 e. The zero-order valence-electron chi connectivity index (χ0n) is 12.5. The summed E-state index contributed by atoms with van der Waals surface area (Å²) in [4.78, 5) is 6.43. The Morgan fingerprint density at radius 1 is 1.35 bits per heavy atom. The minimum atomic E-state index is 0.352. The Bertz CT molecular complexity index is 554. The van der Waals surface area contributed by atoms with Crippen molar-refractivity contribution in [3.8, 4) is 5.75 Å². The van der Waals surface area contributed by atoms with E-state index < -0.39 is 0 Å². The van der Waals surface area contributed by atoms with Crippen LogP contribution in [0.1, 0.15) is 24.2 Å². The van der Waals surface area contributed by atoms with Crippen LogP contribution in [-0.2, 0) is 13.0 Å². The number of nitrogens with zero attached hydrogens (tertiary/aromatic N) is 3. The summed E-state index contributed by atoms with van der Waals surface area (Å²) in [5.41, 5.74) is 1.21. The zero-order chi connectivity index (χ0) is 14.5. The maximum atomic E-state index is 5.39. The van der Waals surface area contributed by atoms with E-state index in [-0.39, 0.29) is 0 Å². The quantitative estimate of drug-likeness (QED) is 0.810. The van der Waals surface area contributed by atoms with Crippen molar-refractivity contribution in [2.75, 3.05) is 14.2 Å². The highest BCUT2D eigenvalue weighted by Crippen LogP contribution is 2.20. The molecule has 1 heterocycles. The molecular formula is C15H21N3O2. The number of aromatic nitrogens is 2. The highest BCUT2D eigenvalue weighted by molar-refractivity contribution is 5.33. The molecule has 0 saturated heterocycles. The Hall–Kier alpha value is -1.88. The van der Waals surface area contributed by atoms with Gasteiger partial charge < -0.3 is 9.26 Å². The molecule has 0 aliphatic carbocycles. The molecule has 0 aliphatic heterocycles. The molecule has 0 fully saturated rings. The van der Waals surface area contributed by atoms with Crippen LogP contribution in [0.3, 0.4) is 0 Å². The van der Waals surface area contributed by atoms with Crippen LogP contribution in [0.25, 0.3) is 0 Å². The fourth-order valence-corrected chi connectivity index (χ4v) is 2.13. The van der Waals surface area contributed by atoms with E-state index in [1.807, 2.05) is 18.2 Å². The number of hydrogen-bond acceptors (Lipinski definition) is 5. The van der Waals surface area contributed by atoms with Crippen molar-refractivity contribution in [1.29, 1.82) is 0 Å². The molecule has 1 aromatic heterocycles. The van der Waals surface area contributed by atoms with Crippen molar-refractivity contribution in [1.82, 2.24) is 15.0 Å². The molecule has 0 spiro atoms. The topological polar surface area (TPSA) is 51.4 Å². The summed E-state index contributed by atoms with van der Waals surface area (Å²) in [7, 11) is 3.76. The van der Waals surface area contributed by atoms with Crippen molar-refractivity contribution in [3.05, 3.63) is 41.5 Å². The first-order valence-electron chi connectivity index (χ1n) is 6.71. The minimum Gasteiger partial charge on any atom is -0.496 e. The standard InChI is InChI=1S/C15H21N3O2/c1-11(9-13-7-5-6-8-14(13)19-4)18(3)10-15-16-12(2)20-17-15/h5-8,11H,9-10H2,1-4H3/t11-/m1/s1. The van der Waals surface area contributed by atoms with Gasteiger partial charge in [-0.3, -0.25) is 4.90 Å². The number of ether oxygens (including phenoxy) is 1. The third kappa shape index (κ3) is 3.57. The summed E-state index contributed by atoms with van der Waals surface area (Å²) in [5, 5.41) is 3.93. The predicted octanol–water partition coefficient (Wildman–Crippen LogP) is 2.45. The third-order valence-corrected chi connectivity index (χ3v) is 3.42. The van der Waals surface area contributed by atoms with E-state index in [1.165, 1.54) is 5.56 Å². The Balaban J connectivity index is 1.98. The van der Waals surface area contributed by atoms with Crippen molar-refractivity contribution < 1.29 is 9.26 Å². The fraction of sp³-hybridized carbons (Fsp3) is 0.467. The van der Waals surface area contributed by atoms with Crippen LogP contribution in [0.5, 0.6) is 5.75 Å². The van der Waals surface area contributed by atoms with Gasteiger partial charge in [0.1, 0.15) is 5.75 Å². The molecule has 5 heteroatoms. The Morgan fingerprint density at radius 3 is 2.75 bits per heavy atom. The Morgan fingerprint density at radius 2 is 2.10 bits per heavy atom. The highest BCUT2D eigenvalue weighted by atomic mass is 16.5. The summed E-state index contributed by atoms with van der Waals surface area (Å²) in [6, 6.07) is 8.46. The molecular weight excluding hydrogens is 254 g/mol. The van der Waals surface area contributed by atoms with Gasteiger partial charge in [-0.1, -0.05) is 23.4 Å². The minimum absolute atomic E-state index is 0.352. The SMILES string of the molecule is COc1ccccc1C[C@@H](C)N(C)Cc1noc(C)n1. The number of rotatable bonds is 6. The monoisotopic (exact) mass is 275 g/mol. The second-order valence-electron chi connectivity index (χ2n) is 5.01. The van der Waals surface area contributed by atoms with E-state index in [0.717, 1.165) is 18.0 Å². The van der Waals surface area contributed by atoms with E-state index in [1.54, 1.807) is 14.0 Å². The molecule has 0 N–H and O–H groups in total. The summed E-state index contributed by atoms with van der Waals surface area (Å²) >= 11 is 0.